The van der Waals surface area contributed by atoms with Gasteiger partial charge in [0.25, 0.3) is 5.91 Å². The van der Waals surface area contributed by atoms with Crippen molar-refractivity contribution in [2.45, 2.75) is 37.8 Å². The third-order valence-corrected chi connectivity index (χ3v) is 7.39. The van der Waals surface area contributed by atoms with Gasteiger partial charge in [-0.15, -0.1) is 0 Å². The van der Waals surface area contributed by atoms with Crippen molar-refractivity contribution in [2.75, 3.05) is 5.32 Å². The average Bonchev–Trinajstić information content (AvgIpc) is 3.59. The maximum atomic E-state index is 13.3. The summed E-state index contributed by atoms with van der Waals surface area (Å²) in [6, 6.07) is 9.83. The highest BCUT2D eigenvalue weighted by molar-refractivity contribution is 6.05. The van der Waals surface area contributed by atoms with Crippen molar-refractivity contribution in [3.05, 3.63) is 81.8 Å². The molecular formula is C27H24N6O5. The number of aromatic nitrogens is 4. The van der Waals surface area contributed by atoms with E-state index < -0.39 is 11.9 Å². The van der Waals surface area contributed by atoms with Gasteiger partial charge in [-0.3, -0.25) is 9.48 Å². The molecule has 38 heavy (non-hydrogen) atoms. The van der Waals surface area contributed by atoms with Crippen LogP contribution in [0.5, 0.6) is 0 Å². The van der Waals surface area contributed by atoms with Crippen molar-refractivity contribution < 1.29 is 24.6 Å². The number of fused-ring (bicyclic) bond motifs is 3. The molecule has 0 spiro atoms. The van der Waals surface area contributed by atoms with Gasteiger partial charge in [0, 0.05) is 7.05 Å². The fraction of sp³-hybridized carbons (Fsp3) is 0.259. The van der Waals surface area contributed by atoms with E-state index >= 15 is 0 Å². The van der Waals surface area contributed by atoms with Gasteiger partial charge in [0.15, 0.2) is 11.5 Å². The molecule has 2 aromatic carbocycles. The molecule has 0 aliphatic heterocycles. The lowest BCUT2D eigenvalue weighted by Crippen LogP contribution is -2.28. The van der Waals surface area contributed by atoms with Crippen LogP contribution in [-0.2, 0) is 19.9 Å². The van der Waals surface area contributed by atoms with Crippen molar-refractivity contribution in [1.82, 2.24) is 25.1 Å². The number of hydrogen-bond acceptors (Lipinski definition) is 7. The van der Waals surface area contributed by atoms with Crippen molar-refractivity contribution in [1.29, 1.82) is 0 Å². The molecule has 2 aliphatic rings. The maximum Gasteiger partial charge on any atom is 0.335 e. The molecule has 0 fully saturated rings. The number of carbonyl (C=O) groups excluding carboxylic acids is 1. The van der Waals surface area contributed by atoms with Crippen LogP contribution in [0, 0.1) is 0 Å². The average molecular weight is 513 g/mol. The number of nitrogens with zero attached hydrogens (tertiary/aromatic N) is 4. The molecule has 11 heteroatoms. The van der Waals surface area contributed by atoms with E-state index in [-0.39, 0.29) is 34.8 Å². The second kappa shape index (κ2) is 8.94. The number of carbonyl (C=O) groups is 3. The SMILES string of the molecule is Cn1nc2c(C(=O)N[C@H]3CCc4cc(C(=O)O)ccc43)ncnc2c1NC1CCc2cc(C(=O)O)ccc21. The Morgan fingerprint density at radius 2 is 1.47 bits per heavy atom. The molecule has 0 saturated heterocycles. The molecule has 11 nitrogen and oxygen atoms in total. The van der Waals surface area contributed by atoms with Gasteiger partial charge in [-0.05, 0) is 72.2 Å². The molecule has 2 atom stereocenters. The minimum Gasteiger partial charge on any atom is -0.478 e. The number of rotatable bonds is 6. The van der Waals surface area contributed by atoms with Crippen LogP contribution in [0.15, 0.2) is 42.7 Å². The number of carboxylic acids is 2. The standard InChI is InChI=1S/C27H24N6O5/c1-33-24(30-19-8-4-13-10-15(26(35)36)2-6-17(13)19)22-21(32-33)23(29-12-28-22)25(34)31-20-9-5-14-11-16(27(37)38)3-7-18(14)20/h2-3,6-7,10-12,19-20,30H,4-5,8-9H2,1H3,(H,31,34)(H,35,36)(H,37,38)/t19?,20-/m0/s1. The Morgan fingerprint density at radius 3 is 2.11 bits per heavy atom. The van der Waals surface area contributed by atoms with E-state index in [9.17, 15) is 24.6 Å². The van der Waals surface area contributed by atoms with Gasteiger partial charge in [-0.25, -0.2) is 19.6 Å². The number of nitrogens with one attached hydrogen (secondary N) is 2. The summed E-state index contributed by atoms with van der Waals surface area (Å²) in [6.07, 6.45) is 4.22. The van der Waals surface area contributed by atoms with Crippen LogP contribution in [0.2, 0.25) is 0 Å². The fourth-order valence-electron chi connectivity index (χ4n) is 5.52. The van der Waals surface area contributed by atoms with Crippen LogP contribution in [-0.4, -0.2) is 47.8 Å². The first-order valence-corrected chi connectivity index (χ1v) is 12.3. The highest BCUT2D eigenvalue weighted by atomic mass is 16.4. The first-order chi connectivity index (χ1) is 18.3. The molecular weight excluding hydrogens is 488 g/mol. The predicted molar refractivity (Wildman–Crippen MR) is 136 cm³/mol. The zero-order valence-electron chi connectivity index (χ0n) is 20.4. The molecule has 1 amide bonds. The first kappa shape index (κ1) is 23.6. The van der Waals surface area contributed by atoms with Gasteiger partial charge in [-0.1, -0.05) is 12.1 Å². The van der Waals surface area contributed by atoms with Gasteiger partial charge >= 0.3 is 11.9 Å². The maximum absolute atomic E-state index is 13.3. The number of amides is 1. The topological polar surface area (TPSA) is 159 Å². The molecule has 2 aromatic heterocycles. The molecule has 0 saturated carbocycles. The Bertz CT molecular complexity index is 1640. The van der Waals surface area contributed by atoms with E-state index in [0.29, 0.717) is 29.7 Å². The van der Waals surface area contributed by atoms with E-state index in [2.05, 4.69) is 25.7 Å². The first-order valence-electron chi connectivity index (χ1n) is 12.3. The molecule has 1 unspecified atom stereocenters. The molecule has 2 heterocycles. The summed E-state index contributed by atoms with van der Waals surface area (Å²) in [4.78, 5) is 44.6. The summed E-state index contributed by atoms with van der Waals surface area (Å²) < 4.78 is 1.64. The predicted octanol–water partition coefficient (Wildman–Crippen LogP) is 3.28. The zero-order valence-corrected chi connectivity index (χ0v) is 20.4. The molecule has 4 aromatic rings. The summed E-state index contributed by atoms with van der Waals surface area (Å²) in [5.74, 6) is -1.66. The zero-order chi connectivity index (χ0) is 26.6. The second-order valence-corrected chi connectivity index (χ2v) is 9.63. The summed E-state index contributed by atoms with van der Waals surface area (Å²) >= 11 is 0. The lowest BCUT2D eigenvalue weighted by molar-refractivity contribution is 0.0686. The van der Waals surface area contributed by atoms with Gasteiger partial charge in [0.1, 0.15) is 17.4 Å². The van der Waals surface area contributed by atoms with Crippen LogP contribution >= 0.6 is 0 Å². The van der Waals surface area contributed by atoms with Gasteiger partial charge in [0.2, 0.25) is 0 Å². The minimum atomic E-state index is -0.977. The largest absolute Gasteiger partial charge is 0.478 e. The third-order valence-electron chi connectivity index (χ3n) is 7.39. The summed E-state index contributed by atoms with van der Waals surface area (Å²) in [7, 11) is 1.77. The third kappa shape index (κ3) is 3.92. The van der Waals surface area contributed by atoms with Gasteiger partial charge in [0.05, 0.1) is 23.2 Å². The lowest BCUT2D eigenvalue weighted by atomic mass is 10.0. The number of carboxylic acid groups (broad SMARTS) is 2. The highest BCUT2D eigenvalue weighted by Gasteiger charge is 2.29. The Kier molecular flexibility index (Phi) is 5.55. The second-order valence-electron chi connectivity index (χ2n) is 9.63. The number of anilines is 1. The van der Waals surface area contributed by atoms with Crippen molar-refractivity contribution in [2.24, 2.45) is 7.05 Å². The Labute approximate surface area is 216 Å². The van der Waals surface area contributed by atoms with E-state index in [1.807, 2.05) is 6.07 Å². The van der Waals surface area contributed by atoms with Gasteiger partial charge in [-0.2, -0.15) is 5.10 Å². The van der Waals surface area contributed by atoms with Crippen LogP contribution in [0.4, 0.5) is 5.82 Å². The molecule has 0 bridgehead atoms. The molecule has 6 rings (SSSR count). The lowest BCUT2D eigenvalue weighted by Gasteiger charge is -2.16. The summed E-state index contributed by atoms with van der Waals surface area (Å²) in [5, 5.41) is 29.6. The van der Waals surface area contributed by atoms with Crippen LogP contribution in [0.1, 0.15) is 78.4 Å². The number of aromatic carboxylic acids is 2. The molecule has 192 valence electrons. The van der Waals surface area contributed by atoms with E-state index in [1.54, 1.807) is 42.1 Å². The van der Waals surface area contributed by atoms with E-state index in [0.717, 1.165) is 35.1 Å². The van der Waals surface area contributed by atoms with Crippen molar-refractivity contribution >= 4 is 34.7 Å². The Hall–Kier alpha value is -4.80. The summed E-state index contributed by atoms with van der Waals surface area (Å²) in [6.45, 7) is 0. The Morgan fingerprint density at radius 1 is 0.868 bits per heavy atom. The number of hydrogen-bond donors (Lipinski definition) is 4. The minimum absolute atomic E-state index is 0.0515. The number of aryl methyl sites for hydroxylation is 3. The fourth-order valence-corrected chi connectivity index (χ4v) is 5.52. The van der Waals surface area contributed by atoms with Crippen LogP contribution in [0.25, 0.3) is 11.0 Å². The Balaban J connectivity index is 1.26. The van der Waals surface area contributed by atoms with Crippen LogP contribution < -0.4 is 10.6 Å². The van der Waals surface area contributed by atoms with E-state index in [4.69, 9.17) is 0 Å². The van der Waals surface area contributed by atoms with Crippen LogP contribution in [0.3, 0.4) is 0 Å². The smallest absolute Gasteiger partial charge is 0.335 e. The van der Waals surface area contributed by atoms with Crippen molar-refractivity contribution in [3.8, 4) is 0 Å². The monoisotopic (exact) mass is 512 g/mol. The highest BCUT2D eigenvalue weighted by Crippen LogP contribution is 2.36. The van der Waals surface area contributed by atoms with Gasteiger partial charge < -0.3 is 20.8 Å². The summed E-state index contributed by atoms with van der Waals surface area (Å²) in [5.41, 5.74) is 5.39. The quantitative estimate of drug-likeness (QED) is 0.304. The number of benzene rings is 2. The molecule has 2 aliphatic carbocycles. The molecule has 0 radical (unpaired) electrons. The van der Waals surface area contributed by atoms with Crippen molar-refractivity contribution in [3.63, 3.8) is 0 Å². The normalized spacial score (nSPS) is 17.7. The molecule has 4 N–H and O–H groups in total. The van der Waals surface area contributed by atoms with E-state index in [1.165, 1.54) is 6.33 Å².